The fourth-order valence-electron chi connectivity index (χ4n) is 3.99. The van der Waals surface area contributed by atoms with E-state index < -0.39 is 0 Å². The Balaban J connectivity index is 1.28. The van der Waals surface area contributed by atoms with Crippen LogP contribution in [0, 0.1) is 0 Å². The van der Waals surface area contributed by atoms with Crippen molar-refractivity contribution in [3.05, 3.63) is 42.0 Å². The van der Waals surface area contributed by atoms with Gasteiger partial charge in [-0.25, -0.2) is 0 Å². The van der Waals surface area contributed by atoms with Crippen LogP contribution in [0.3, 0.4) is 0 Å². The van der Waals surface area contributed by atoms with Gasteiger partial charge in [-0.15, -0.1) is 10.2 Å². The summed E-state index contributed by atoms with van der Waals surface area (Å²) >= 11 is 0. The Morgan fingerprint density at radius 3 is 1.97 bits per heavy atom. The van der Waals surface area contributed by atoms with Crippen molar-refractivity contribution in [2.45, 2.75) is 25.7 Å². The third-order valence-electron chi connectivity index (χ3n) is 5.79. The fraction of sp³-hybridized carbons (Fsp3) is 0.500. The second-order valence-electron chi connectivity index (χ2n) is 7.69. The molecule has 0 N–H and O–H groups in total. The first-order valence-electron chi connectivity index (χ1n) is 10.5. The number of ether oxygens (including phenoxy) is 1. The van der Waals surface area contributed by atoms with Gasteiger partial charge in [0.05, 0.1) is 13.5 Å². The summed E-state index contributed by atoms with van der Waals surface area (Å²) in [4.78, 5) is 19.1. The number of methoxy groups -OCH3 is 1. The van der Waals surface area contributed by atoms with Crippen LogP contribution in [0.4, 0.5) is 11.6 Å². The number of anilines is 2. The molecule has 0 bridgehead atoms. The molecule has 7 heteroatoms. The van der Waals surface area contributed by atoms with Crippen molar-refractivity contribution in [2.75, 3.05) is 56.2 Å². The van der Waals surface area contributed by atoms with E-state index in [2.05, 4.69) is 32.1 Å². The third kappa shape index (κ3) is 4.78. The molecule has 7 nitrogen and oxygen atoms in total. The lowest BCUT2D eigenvalue weighted by atomic mass is 10.1. The van der Waals surface area contributed by atoms with Crippen molar-refractivity contribution in [3.8, 4) is 5.75 Å². The zero-order valence-corrected chi connectivity index (χ0v) is 17.1. The highest BCUT2D eigenvalue weighted by atomic mass is 16.5. The highest BCUT2D eigenvalue weighted by Crippen LogP contribution is 2.20. The van der Waals surface area contributed by atoms with Gasteiger partial charge < -0.3 is 19.4 Å². The Hall–Kier alpha value is -2.83. The number of carbonyl (C=O) groups excluding carboxylic acids is 1. The number of piperazine rings is 1. The van der Waals surface area contributed by atoms with Gasteiger partial charge in [-0.05, 0) is 49.1 Å². The summed E-state index contributed by atoms with van der Waals surface area (Å²) in [5.74, 6) is 2.85. The van der Waals surface area contributed by atoms with E-state index in [4.69, 9.17) is 4.74 Å². The predicted octanol–water partition coefficient (Wildman–Crippen LogP) is 2.37. The number of piperidine rings is 1. The Morgan fingerprint density at radius 1 is 0.828 bits per heavy atom. The van der Waals surface area contributed by atoms with Crippen LogP contribution in [0.25, 0.3) is 0 Å². The molecule has 1 amide bonds. The fourth-order valence-corrected chi connectivity index (χ4v) is 3.99. The van der Waals surface area contributed by atoms with Crippen molar-refractivity contribution in [3.63, 3.8) is 0 Å². The number of carbonyl (C=O) groups is 1. The standard InChI is InChI=1S/C22H29N5O2/c1-29-19-7-5-18(6-8-19)17-22(28)27-15-13-26(14-16-27)21-10-9-20(23-24-21)25-11-3-2-4-12-25/h5-10H,2-4,11-17H2,1H3. The molecule has 2 saturated heterocycles. The van der Waals surface area contributed by atoms with Gasteiger partial charge >= 0.3 is 0 Å². The molecule has 0 radical (unpaired) electrons. The summed E-state index contributed by atoms with van der Waals surface area (Å²) in [6.45, 7) is 5.14. The van der Waals surface area contributed by atoms with Crippen LogP contribution in [-0.2, 0) is 11.2 Å². The lowest BCUT2D eigenvalue weighted by Crippen LogP contribution is -2.49. The van der Waals surface area contributed by atoms with Gasteiger partial charge in [0.1, 0.15) is 5.75 Å². The maximum Gasteiger partial charge on any atom is 0.227 e. The van der Waals surface area contributed by atoms with Crippen molar-refractivity contribution in [1.29, 1.82) is 0 Å². The topological polar surface area (TPSA) is 61.8 Å². The largest absolute Gasteiger partial charge is 0.497 e. The monoisotopic (exact) mass is 395 g/mol. The summed E-state index contributed by atoms with van der Waals surface area (Å²) in [5, 5.41) is 8.90. The van der Waals surface area contributed by atoms with Crippen LogP contribution in [0.2, 0.25) is 0 Å². The second kappa shape index (κ2) is 9.11. The minimum Gasteiger partial charge on any atom is -0.497 e. The van der Waals surface area contributed by atoms with Crippen molar-refractivity contribution in [1.82, 2.24) is 15.1 Å². The Kier molecular flexibility index (Phi) is 6.12. The minimum absolute atomic E-state index is 0.168. The maximum atomic E-state index is 12.6. The lowest BCUT2D eigenvalue weighted by molar-refractivity contribution is -0.130. The van der Waals surface area contributed by atoms with Crippen LogP contribution < -0.4 is 14.5 Å². The molecular formula is C22H29N5O2. The molecule has 154 valence electrons. The van der Waals surface area contributed by atoms with E-state index in [1.165, 1.54) is 19.3 Å². The zero-order chi connectivity index (χ0) is 20.1. The van der Waals surface area contributed by atoms with Gasteiger partial charge in [-0.2, -0.15) is 0 Å². The summed E-state index contributed by atoms with van der Waals surface area (Å²) in [6.07, 6.45) is 4.20. The molecular weight excluding hydrogens is 366 g/mol. The quantitative estimate of drug-likeness (QED) is 0.775. The number of hydrogen-bond acceptors (Lipinski definition) is 6. The molecule has 2 aromatic rings. The third-order valence-corrected chi connectivity index (χ3v) is 5.79. The molecule has 2 aliphatic heterocycles. The van der Waals surface area contributed by atoms with Gasteiger partial charge in [0.15, 0.2) is 11.6 Å². The molecule has 4 rings (SSSR count). The van der Waals surface area contributed by atoms with E-state index >= 15 is 0 Å². The van der Waals surface area contributed by atoms with Gasteiger partial charge in [0.25, 0.3) is 0 Å². The zero-order valence-electron chi connectivity index (χ0n) is 17.1. The first-order valence-corrected chi connectivity index (χ1v) is 10.5. The van der Waals surface area contributed by atoms with Crippen LogP contribution in [0.15, 0.2) is 36.4 Å². The van der Waals surface area contributed by atoms with Crippen molar-refractivity contribution < 1.29 is 9.53 Å². The molecule has 0 unspecified atom stereocenters. The summed E-state index contributed by atoms with van der Waals surface area (Å²) in [7, 11) is 1.64. The Labute approximate surface area is 172 Å². The van der Waals surface area contributed by atoms with E-state index in [-0.39, 0.29) is 5.91 Å². The number of rotatable bonds is 5. The van der Waals surface area contributed by atoms with Gasteiger partial charge in [0, 0.05) is 39.3 Å². The summed E-state index contributed by atoms with van der Waals surface area (Å²) in [5.41, 5.74) is 1.01. The van der Waals surface area contributed by atoms with Crippen molar-refractivity contribution in [2.24, 2.45) is 0 Å². The molecule has 1 aromatic heterocycles. The van der Waals surface area contributed by atoms with Crippen LogP contribution in [0.5, 0.6) is 5.75 Å². The SMILES string of the molecule is COc1ccc(CC(=O)N2CCN(c3ccc(N4CCCCC4)nn3)CC2)cc1. The molecule has 2 fully saturated rings. The smallest absolute Gasteiger partial charge is 0.227 e. The number of benzene rings is 1. The van der Waals surface area contributed by atoms with Crippen LogP contribution in [-0.4, -0.2) is 67.4 Å². The average Bonchev–Trinajstić information content (AvgIpc) is 2.80. The number of nitrogens with zero attached hydrogens (tertiary/aromatic N) is 5. The van der Waals surface area contributed by atoms with Crippen LogP contribution in [0.1, 0.15) is 24.8 Å². The average molecular weight is 396 g/mol. The maximum absolute atomic E-state index is 12.6. The first kappa shape index (κ1) is 19.5. The van der Waals surface area contributed by atoms with E-state index in [9.17, 15) is 4.79 Å². The van der Waals surface area contributed by atoms with Gasteiger partial charge in [0.2, 0.25) is 5.91 Å². The predicted molar refractivity (Wildman–Crippen MR) is 114 cm³/mol. The second-order valence-corrected chi connectivity index (χ2v) is 7.69. The number of amides is 1. The summed E-state index contributed by atoms with van der Waals surface area (Å²) < 4.78 is 5.17. The Morgan fingerprint density at radius 2 is 1.41 bits per heavy atom. The number of hydrogen-bond donors (Lipinski definition) is 0. The molecule has 0 aliphatic carbocycles. The lowest BCUT2D eigenvalue weighted by Gasteiger charge is -2.35. The molecule has 29 heavy (non-hydrogen) atoms. The highest BCUT2D eigenvalue weighted by molar-refractivity contribution is 5.79. The van der Waals surface area contributed by atoms with Gasteiger partial charge in [-0.1, -0.05) is 12.1 Å². The molecule has 0 saturated carbocycles. The van der Waals surface area contributed by atoms with E-state index in [0.29, 0.717) is 19.5 Å². The number of aromatic nitrogens is 2. The van der Waals surface area contributed by atoms with E-state index in [1.54, 1.807) is 7.11 Å². The molecule has 2 aliphatic rings. The minimum atomic E-state index is 0.168. The summed E-state index contributed by atoms with van der Waals surface area (Å²) in [6, 6.07) is 11.8. The molecule has 0 spiro atoms. The molecule has 1 aromatic carbocycles. The normalized spacial score (nSPS) is 17.3. The first-order chi connectivity index (χ1) is 14.2. The van der Waals surface area contributed by atoms with Crippen LogP contribution >= 0.6 is 0 Å². The molecule has 3 heterocycles. The Bertz CT molecular complexity index is 795. The highest BCUT2D eigenvalue weighted by Gasteiger charge is 2.22. The molecule has 0 atom stereocenters. The van der Waals surface area contributed by atoms with E-state index in [1.807, 2.05) is 29.2 Å². The van der Waals surface area contributed by atoms with Crippen molar-refractivity contribution >= 4 is 17.5 Å². The van der Waals surface area contributed by atoms with E-state index in [0.717, 1.165) is 49.1 Å². The van der Waals surface area contributed by atoms with Gasteiger partial charge in [-0.3, -0.25) is 4.79 Å².